The Morgan fingerprint density at radius 3 is 2.87 bits per heavy atom. The van der Waals surface area contributed by atoms with Gasteiger partial charge >= 0.3 is 5.97 Å². The summed E-state index contributed by atoms with van der Waals surface area (Å²) in [6.07, 6.45) is 8.43. The molecule has 2 aliphatic carbocycles. The second-order valence-electron chi connectivity index (χ2n) is 6.19. The highest BCUT2D eigenvalue weighted by atomic mass is 19.1. The first-order valence-corrected chi connectivity index (χ1v) is 7.75. The van der Waals surface area contributed by atoms with E-state index in [1.54, 1.807) is 0 Å². The topological polar surface area (TPSA) is 68.3 Å². The maximum atomic E-state index is 13.1. The van der Waals surface area contributed by atoms with Gasteiger partial charge in [0.2, 0.25) is 5.91 Å². The number of fused-ring (bicyclic) bond motifs is 2. The summed E-state index contributed by atoms with van der Waals surface area (Å²) in [6, 6.07) is 1.12. The van der Waals surface area contributed by atoms with Gasteiger partial charge in [-0.2, -0.15) is 0 Å². The molecule has 5 nitrogen and oxygen atoms in total. The number of rotatable bonds is 4. The lowest BCUT2D eigenvalue weighted by Crippen LogP contribution is -2.46. The molecular formula is C17H19FN2O3. The van der Waals surface area contributed by atoms with Crippen LogP contribution < -0.4 is 5.32 Å². The maximum absolute atomic E-state index is 13.1. The Labute approximate surface area is 133 Å². The monoisotopic (exact) mass is 318 g/mol. The number of hydrogen-bond donors (Lipinski definition) is 1. The molecular weight excluding hydrogens is 299 g/mol. The molecule has 122 valence electrons. The van der Waals surface area contributed by atoms with Crippen LogP contribution in [0.1, 0.15) is 24.8 Å². The number of halogens is 1. The maximum Gasteiger partial charge on any atom is 0.311 e. The standard InChI is InChI=1S/C17H19FN2O3/c1-23-17(22)15-11-3-4-12(7-11)16(15)20-14(21)5-2-10-6-13(18)9-19-8-10/h2,5-6,8-9,11-12,15-16H,3-4,7H2,1H3,(H,20,21)/b5-2+. The summed E-state index contributed by atoms with van der Waals surface area (Å²) in [7, 11) is 1.38. The van der Waals surface area contributed by atoms with Crippen LogP contribution in [0.5, 0.6) is 0 Å². The van der Waals surface area contributed by atoms with E-state index in [4.69, 9.17) is 4.74 Å². The third-order valence-electron chi connectivity index (χ3n) is 4.85. The van der Waals surface area contributed by atoms with E-state index < -0.39 is 5.82 Å². The van der Waals surface area contributed by atoms with Gasteiger partial charge in [-0.25, -0.2) is 4.39 Å². The third kappa shape index (κ3) is 3.25. The molecule has 6 heteroatoms. The van der Waals surface area contributed by atoms with Gasteiger partial charge in [0, 0.05) is 18.3 Å². The molecule has 0 spiro atoms. The highest BCUT2D eigenvalue weighted by molar-refractivity contribution is 5.92. The van der Waals surface area contributed by atoms with Crippen molar-refractivity contribution >= 4 is 18.0 Å². The summed E-state index contributed by atoms with van der Waals surface area (Å²) in [6.45, 7) is 0. The molecule has 2 saturated carbocycles. The van der Waals surface area contributed by atoms with Crippen LogP contribution in [-0.4, -0.2) is 30.0 Å². The van der Waals surface area contributed by atoms with Gasteiger partial charge in [-0.05, 0) is 48.8 Å². The Balaban J connectivity index is 1.66. The number of carbonyl (C=O) groups excluding carboxylic acids is 2. The number of nitrogens with one attached hydrogen (secondary N) is 1. The summed E-state index contributed by atoms with van der Waals surface area (Å²) >= 11 is 0. The van der Waals surface area contributed by atoms with Crippen LogP contribution in [0.25, 0.3) is 6.08 Å². The number of carbonyl (C=O) groups is 2. The van der Waals surface area contributed by atoms with E-state index in [1.165, 1.54) is 31.5 Å². The van der Waals surface area contributed by atoms with E-state index in [1.807, 2.05) is 0 Å². The number of pyridine rings is 1. The molecule has 1 aromatic rings. The van der Waals surface area contributed by atoms with Gasteiger partial charge in [-0.15, -0.1) is 0 Å². The molecule has 2 bridgehead atoms. The van der Waals surface area contributed by atoms with Crippen molar-refractivity contribution in [3.8, 4) is 0 Å². The number of hydrogen-bond acceptors (Lipinski definition) is 4. The first kappa shape index (κ1) is 15.6. The summed E-state index contributed by atoms with van der Waals surface area (Å²) in [5.41, 5.74) is 0.512. The van der Waals surface area contributed by atoms with Crippen molar-refractivity contribution in [2.75, 3.05) is 7.11 Å². The van der Waals surface area contributed by atoms with Gasteiger partial charge in [-0.3, -0.25) is 14.6 Å². The van der Waals surface area contributed by atoms with Crippen molar-refractivity contribution in [1.29, 1.82) is 0 Å². The third-order valence-corrected chi connectivity index (χ3v) is 4.85. The van der Waals surface area contributed by atoms with Crippen molar-refractivity contribution in [2.24, 2.45) is 17.8 Å². The quantitative estimate of drug-likeness (QED) is 0.680. The summed E-state index contributed by atoms with van der Waals surface area (Å²) in [5.74, 6) is -0.619. The molecule has 1 heterocycles. The average Bonchev–Trinajstić information content (AvgIpc) is 3.13. The zero-order valence-corrected chi connectivity index (χ0v) is 12.9. The van der Waals surface area contributed by atoms with Crippen molar-refractivity contribution < 1.29 is 18.7 Å². The molecule has 23 heavy (non-hydrogen) atoms. The van der Waals surface area contributed by atoms with Gasteiger partial charge in [-0.1, -0.05) is 0 Å². The highest BCUT2D eigenvalue weighted by Crippen LogP contribution is 2.48. The van der Waals surface area contributed by atoms with Crippen LogP contribution in [0.3, 0.4) is 0 Å². The second-order valence-corrected chi connectivity index (χ2v) is 6.19. The molecule has 0 saturated heterocycles. The fourth-order valence-corrected chi connectivity index (χ4v) is 3.88. The Kier molecular flexibility index (Phi) is 4.41. The zero-order chi connectivity index (χ0) is 16.4. The van der Waals surface area contributed by atoms with E-state index in [9.17, 15) is 14.0 Å². The number of nitrogens with zero attached hydrogens (tertiary/aromatic N) is 1. The summed E-state index contributed by atoms with van der Waals surface area (Å²) in [4.78, 5) is 27.8. The molecule has 1 N–H and O–H groups in total. The minimum Gasteiger partial charge on any atom is -0.469 e. The van der Waals surface area contributed by atoms with Crippen LogP contribution in [0.15, 0.2) is 24.5 Å². The van der Waals surface area contributed by atoms with E-state index in [-0.39, 0.29) is 23.8 Å². The highest BCUT2D eigenvalue weighted by Gasteiger charge is 2.51. The normalized spacial score (nSPS) is 29.0. The molecule has 1 aromatic heterocycles. The summed E-state index contributed by atoms with van der Waals surface area (Å²) in [5, 5.41) is 2.92. The van der Waals surface area contributed by atoms with E-state index >= 15 is 0 Å². The first-order chi connectivity index (χ1) is 11.1. The van der Waals surface area contributed by atoms with Gasteiger partial charge < -0.3 is 10.1 Å². The minimum atomic E-state index is -0.452. The fourth-order valence-electron chi connectivity index (χ4n) is 3.88. The Hall–Kier alpha value is -2.24. The van der Waals surface area contributed by atoms with Gasteiger partial charge in [0.15, 0.2) is 0 Å². The predicted molar refractivity (Wildman–Crippen MR) is 81.5 cm³/mol. The van der Waals surface area contributed by atoms with Crippen LogP contribution in [0.4, 0.5) is 4.39 Å². The van der Waals surface area contributed by atoms with Crippen molar-refractivity contribution in [3.63, 3.8) is 0 Å². The van der Waals surface area contributed by atoms with Crippen LogP contribution in [0, 0.1) is 23.6 Å². The van der Waals surface area contributed by atoms with E-state index in [2.05, 4.69) is 10.3 Å². The molecule has 2 aliphatic rings. The fraction of sp³-hybridized carbons (Fsp3) is 0.471. The number of methoxy groups -OCH3 is 1. The smallest absolute Gasteiger partial charge is 0.311 e. The van der Waals surface area contributed by atoms with Crippen LogP contribution in [-0.2, 0) is 14.3 Å². The Morgan fingerprint density at radius 2 is 2.13 bits per heavy atom. The second kappa shape index (κ2) is 6.48. The minimum absolute atomic E-state index is 0.177. The van der Waals surface area contributed by atoms with Crippen molar-refractivity contribution in [1.82, 2.24) is 10.3 Å². The lowest BCUT2D eigenvalue weighted by atomic mass is 9.84. The zero-order valence-electron chi connectivity index (χ0n) is 12.9. The van der Waals surface area contributed by atoms with Gasteiger partial charge in [0.25, 0.3) is 0 Å². The van der Waals surface area contributed by atoms with E-state index in [0.717, 1.165) is 25.5 Å². The number of aromatic nitrogens is 1. The van der Waals surface area contributed by atoms with Gasteiger partial charge in [0.1, 0.15) is 5.82 Å². The Bertz CT molecular complexity index is 646. The molecule has 0 radical (unpaired) electrons. The number of amides is 1. The van der Waals surface area contributed by atoms with Crippen LogP contribution >= 0.6 is 0 Å². The molecule has 4 atom stereocenters. The molecule has 2 fully saturated rings. The first-order valence-electron chi connectivity index (χ1n) is 7.75. The average molecular weight is 318 g/mol. The molecule has 4 unspecified atom stereocenters. The lowest BCUT2D eigenvalue weighted by Gasteiger charge is -2.29. The Morgan fingerprint density at radius 1 is 1.35 bits per heavy atom. The number of ether oxygens (including phenoxy) is 1. The predicted octanol–water partition coefficient (Wildman–Crippen LogP) is 1.94. The van der Waals surface area contributed by atoms with Crippen molar-refractivity contribution in [3.05, 3.63) is 35.9 Å². The molecule has 0 aromatic carbocycles. The molecule has 0 aliphatic heterocycles. The van der Waals surface area contributed by atoms with Crippen LogP contribution in [0.2, 0.25) is 0 Å². The van der Waals surface area contributed by atoms with E-state index in [0.29, 0.717) is 17.4 Å². The van der Waals surface area contributed by atoms with Crippen molar-refractivity contribution in [2.45, 2.75) is 25.3 Å². The summed E-state index contributed by atoms with van der Waals surface area (Å²) < 4.78 is 17.9. The molecule has 3 rings (SSSR count). The molecule has 1 amide bonds. The van der Waals surface area contributed by atoms with Gasteiger partial charge in [0.05, 0.1) is 19.2 Å². The SMILES string of the molecule is COC(=O)C1C2CCC(C2)C1NC(=O)/C=C/c1cncc(F)c1. The number of esters is 1. The lowest BCUT2D eigenvalue weighted by molar-refractivity contribution is -0.148. The largest absolute Gasteiger partial charge is 0.469 e.